The molecule has 0 saturated carbocycles. The van der Waals surface area contributed by atoms with Gasteiger partial charge in [-0.05, 0) is 48.0 Å². The van der Waals surface area contributed by atoms with E-state index in [-0.39, 0.29) is 23.6 Å². The van der Waals surface area contributed by atoms with Gasteiger partial charge < -0.3 is 14.6 Å². The topological polar surface area (TPSA) is 89.0 Å². The van der Waals surface area contributed by atoms with Gasteiger partial charge in [-0.25, -0.2) is 8.78 Å². The Morgan fingerprint density at radius 1 is 0.969 bits per heavy atom. The minimum atomic E-state index is -1.17. The van der Waals surface area contributed by atoms with E-state index in [9.17, 15) is 23.5 Å². The maximum Gasteiger partial charge on any atom is 0.300 e. The Kier molecular flexibility index (Phi) is 4.58. The Bertz CT molecular complexity index is 1290. The van der Waals surface area contributed by atoms with Crippen LogP contribution in [0.3, 0.4) is 0 Å². The Labute approximate surface area is 180 Å². The van der Waals surface area contributed by atoms with Crippen LogP contribution < -0.4 is 14.4 Å². The molecule has 2 aliphatic rings. The first-order valence-electron chi connectivity index (χ1n) is 9.51. The maximum absolute atomic E-state index is 13.9. The maximum atomic E-state index is 13.9. The summed E-state index contributed by atoms with van der Waals surface area (Å²) in [4.78, 5) is 31.0. The number of hydrogen-bond acceptors (Lipinski definition) is 6. The SMILES string of the molecule is O=C1C(=O)N(c2ccc(F)c(F)c2)C(c2ccncc2)/C1=C(/O)c1ccc2c(c1)OCO2. The van der Waals surface area contributed by atoms with E-state index in [0.29, 0.717) is 17.1 Å². The lowest BCUT2D eigenvalue weighted by Crippen LogP contribution is -2.29. The van der Waals surface area contributed by atoms with Crippen molar-refractivity contribution >= 4 is 23.1 Å². The Hall–Kier alpha value is -4.27. The summed E-state index contributed by atoms with van der Waals surface area (Å²) in [5.74, 6) is -3.79. The molecule has 1 aromatic heterocycles. The highest BCUT2D eigenvalue weighted by Gasteiger charge is 2.47. The van der Waals surface area contributed by atoms with E-state index in [2.05, 4.69) is 4.98 Å². The highest BCUT2D eigenvalue weighted by Crippen LogP contribution is 2.43. The zero-order valence-corrected chi connectivity index (χ0v) is 16.3. The smallest absolute Gasteiger partial charge is 0.300 e. The van der Waals surface area contributed by atoms with Gasteiger partial charge in [-0.1, -0.05) is 0 Å². The summed E-state index contributed by atoms with van der Waals surface area (Å²) in [6.07, 6.45) is 2.92. The van der Waals surface area contributed by atoms with Crippen molar-refractivity contribution in [2.45, 2.75) is 6.04 Å². The van der Waals surface area contributed by atoms with E-state index < -0.39 is 35.1 Å². The number of halogens is 2. The number of nitrogens with zero attached hydrogens (tertiary/aromatic N) is 2. The molecular weight excluding hydrogens is 422 g/mol. The molecule has 3 aromatic rings. The average molecular weight is 436 g/mol. The zero-order valence-electron chi connectivity index (χ0n) is 16.3. The molecule has 1 amide bonds. The van der Waals surface area contributed by atoms with Crippen molar-refractivity contribution < 1.29 is 33.0 Å². The van der Waals surface area contributed by atoms with Gasteiger partial charge >= 0.3 is 0 Å². The number of rotatable bonds is 3. The first-order valence-corrected chi connectivity index (χ1v) is 9.51. The number of ketones is 1. The fourth-order valence-electron chi connectivity index (χ4n) is 3.79. The molecule has 160 valence electrons. The third kappa shape index (κ3) is 3.06. The molecule has 5 rings (SSSR count). The van der Waals surface area contributed by atoms with Gasteiger partial charge in [0.05, 0.1) is 11.6 Å². The number of benzene rings is 2. The van der Waals surface area contributed by atoms with E-state index in [0.717, 1.165) is 17.0 Å². The second kappa shape index (κ2) is 7.45. The zero-order chi connectivity index (χ0) is 22.4. The van der Waals surface area contributed by atoms with E-state index in [1.54, 1.807) is 18.2 Å². The van der Waals surface area contributed by atoms with Crippen LogP contribution in [-0.2, 0) is 9.59 Å². The molecular formula is C23H14F2N2O5. The third-order valence-corrected chi connectivity index (χ3v) is 5.29. The summed E-state index contributed by atoms with van der Waals surface area (Å²) in [7, 11) is 0. The van der Waals surface area contributed by atoms with E-state index in [1.807, 2.05) is 0 Å². The van der Waals surface area contributed by atoms with Crippen molar-refractivity contribution in [3.8, 4) is 11.5 Å². The van der Waals surface area contributed by atoms with Crippen LogP contribution in [0.25, 0.3) is 5.76 Å². The quantitative estimate of drug-likeness (QED) is 0.383. The molecule has 0 bridgehead atoms. The van der Waals surface area contributed by atoms with Crippen molar-refractivity contribution in [3.63, 3.8) is 0 Å². The Morgan fingerprint density at radius 3 is 2.47 bits per heavy atom. The molecule has 2 aromatic carbocycles. The molecule has 1 atom stereocenters. The lowest BCUT2D eigenvalue weighted by atomic mass is 9.95. The molecule has 1 saturated heterocycles. The van der Waals surface area contributed by atoms with Crippen LogP contribution in [0.1, 0.15) is 17.2 Å². The predicted octanol–water partition coefficient (Wildman–Crippen LogP) is 3.71. The molecule has 2 aliphatic heterocycles. The highest BCUT2D eigenvalue weighted by molar-refractivity contribution is 6.51. The van der Waals surface area contributed by atoms with Crippen LogP contribution in [0.2, 0.25) is 0 Å². The fraction of sp³-hybridized carbons (Fsp3) is 0.0870. The third-order valence-electron chi connectivity index (χ3n) is 5.29. The second-order valence-electron chi connectivity index (χ2n) is 7.12. The first kappa shape index (κ1) is 19.7. The van der Waals surface area contributed by atoms with Crippen LogP contribution in [0.15, 0.2) is 66.5 Å². The number of aromatic nitrogens is 1. The lowest BCUT2D eigenvalue weighted by Gasteiger charge is -2.25. The summed E-state index contributed by atoms with van der Waals surface area (Å²) >= 11 is 0. The predicted molar refractivity (Wildman–Crippen MR) is 108 cm³/mol. The number of fused-ring (bicyclic) bond motifs is 1. The number of amides is 1. The van der Waals surface area contributed by atoms with E-state index in [4.69, 9.17) is 9.47 Å². The number of Topliss-reactive ketones (excluding diaryl/α,β-unsaturated/α-hetero) is 1. The van der Waals surface area contributed by atoms with Crippen molar-refractivity contribution in [1.82, 2.24) is 4.98 Å². The molecule has 1 N–H and O–H groups in total. The van der Waals surface area contributed by atoms with E-state index >= 15 is 0 Å². The molecule has 1 fully saturated rings. The van der Waals surface area contributed by atoms with Crippen molar-refractivity contribution in [2.75, 3.05) is 11.7 Å². The van der Waals surface area contributed by atoms with Crippen molar-refractivity contribution in [3.05, 3.63) is 89.3 Å². The van der Waals surface area contributed by atoms with Crippen LogP contribution in [0, 0.1) is 11.6 Å². The lowest BCUT2D eigenvalue weighted by molar-refractivity contribution is -0.132. The number of anilines is 1. The molecule has 7 nitrogen and oxygen atoms in total. The molecule has 1 unspecified atom stereocenters. The van der Waals surface area contributed by atoms with Crippen LogP contribution in [0.4, 0.5) is 14.5 Å². The van der Waals surface area contributed by atoms with Gasteiger partial charge in [0.1, 0.15) is 5.76 Å². The standard InChI is InChI=1S/C23H14F2N2O5/c24-15-3-2-14(10-16(15)25)27-20(12-5-7-26-8-6-12)19(22(29)23(27)30)21(28)13-1-4-17-18(9-13)32-11-31-17/h1-10,20,28H,11H2/b21-19-. The molecule has 9 heteroatoms. The summed E-state index contributed by atoms with van der Waals surface area (Å²) in [6, 6.07) is 9.52. The van der Waals surface area contributed by atoms with Gasteiger partial charge in [-0.3, -0.25) is 19.5 Å². The molecule has 3 heterocycles. The number of aliphatic hydroxyl groups is 1. The molecule has 32 heavy (non-hydrogen) atoms. The molecule has 0 aliphatic carbocycles. The minimum Gasteiger partial charge on any atom is -0.507 e. The van der Waals surface area contributed by atoms with Crippen molar-refractivity contribution in [1.29, 1.82) is 0 Å². The van der Waals surface area contributed by atoms with Crippen LogP contribution in [-0.4, -0.2) is 28.6 Å². The van der Waals surface area contributed by atoms with Gasteiger partial charge in [0.15, 0.2) is 23.1 Å². The monoisotopic (exact) mass is 436 g/mol. The molecule has 0 radical (unpaired) electrons. The highest BCUT2D eigenvalue weighted by atomic mass is 19.2. The first-order chi connectivity index (χ1) is 15.5. The summed E-state index contributed by atoms with van der Waals surface area (Å²) in [5, 5.41) is 11.1. The number of hydrogen-bond donors (Lipinski definition) is 1. The van der Waals surface area contributed by atoms with Gasteiger partial charge in [0.2, 0.25) is 6.79 Å². The number of ether oxygens (including phenoxy) is 2. The summed E-state index contributed by atoms with van der Waals surface area (Å²) in [5.41, 5.74) is 0.449. The summed E-state index contributed by atoms with van der Waals surface area (Å²) < 4.78 is 38.0. The number of carbonyl (C=O) groups is 2. The van der Waals surface area contributed by atoms with Crippen molar-refractivity contribution in [2.24, 2.45) is 0 Å². The van der Waals surface area contributed by atoms with Gasteiger partial charge in [0, 0.05) is 29.7 Å². The number of aliphatic hydroxyl groups excluding tert-OH is 1. The molecule has 0 spiro atoms. The number of carbonyl (C=O) groups excluding carboxylic acids is 2. The Morgan fingerprint density at radius 2 is 1.72 bits per heavy atom. The van der Waals surface area contributed by atoms with Crippen LogP contribution >= 0.6 is 0 Å². The fourth-order valence-corrected chi connectivity index (χ4v) is 3.79. The second-order valence-corrected chi connectivity index (χ2v) is 7.12. The van der Waals surface area contributed by atoms with Gasteiger partial charge in [-0.2, -0.15) is 0 Å². The minimum absolute atomic E-state index is 0.0249. The average Bonchev–Trinajstić information content (AvgIpc) is 3.38. The van der Waals surface area contributed by atoms with Gasteiger partial charge in [-0.15, -0.1) is 0 Å². The summed E-state index contributed by atoms with van der Waals surface area (Å²) in [6.45, 7) is 0.0249. The largest absolute Gasteiger partial charge is 0.507 e. The van der Waals surface area contributed by atoms with Gasteiger partial charge in [0.25, 0.3) is 11.7 Å². The van der Waals surface area contributed by atoms with E-state index in [1.165, 1.54) is 30.6 Å². The van der Waals surface area contributed by atoms with Crippen LogP contribution in [0.5, 0.6) is 11.5 Å². The Balaban J connectivity index is 1.70. The number of pyridine rings is 1. The normalized spacial score (nSPS) is 18.9.